The van der Waals surface area contributed by atoms with E-state index in [1.54, 1.807) is 104 Å². The molecular weight excluding hydrogens is 984 g/mol. The number of carbonyl (C=O) groups is 1. The van der Waals surface area contributed by atoms with Crippen LogP contribution in [0.4, 0.5) is 50.1 Å². The molecule has 69 heavy (non-hydrogen) atoms. The number of nitrogens with zero attached hydrogens (tertiary/aromatic N) is 7. The zero-order valence-electron chi connectivity index (χ0n) is 35.2. The van der Waals surface area contributed by atoms with Gasteiger partial charge in [0, 0.05) is 44.2 Å². The maximum Gasteiger partial charge on any atom is 0.296 e. The number of halogens is 2. The molecular formula is C47H30Cl2N10O7S3. The molecule has 0 radical (unpaired) electrons. The van der Waals surface area contributed by atoms with E-state index in [2.05, 4.69) is 53.5 Å². The van der Waals surface area contributed by atoms with Gasteiger partial charge in [0.2, 0.25) is 0 Å². The van der Waals surface area contributed by atoms with Crippen molar-refractivity contribution in [2.45, 2.75) is 16.7 Å². The van der Waals surface area contributed by atoms with Gasteiger partial charge in [-0.3, -0.25) is 13.9 Å². The predicted molar refractivity (Wildman–Crippen MR) is 264 cm³/mol. The van der Waals surface area contributed by atoms with E-state index >= 15 is 0 Å². The van der Waals surface area contributed by atoms with Crippen molar-refractivity contribution in [3.05, 3.63) is 166 Å². The van der Waals surface area contributed by atoms with Gasteiger partial charge >= 0.3 is 0 Å². The minimum absolute atomic E-state index is 0.0252. The zero-order valence-corrected chi connectivity index (χ0v) is 39.2. The second-order valence-electron chi connectivity index (χ2n) is 14.7. The standard InChI is InChI=1S/C47H30Cl2N10O7S3/c1-26-36(24-50)43(53-33-20-21-38(49)40(23-33)69(64,65)66)55-44(52-31-18-13-30(48)14-19-31)42(26)57-58-46-37(25-51)41(28-11-15-32(16-12-28)54-45(60)29-6-3-2-4-7-29)47(67-46)59-56-34-17-10-27-8-5-9-39(35(27)22-34)68(61,62)63/h2-23H,1H3,(H,54,60)(H2,52,53,55)(H,61,62,63)(H,64,65,66). The van der Waals surface area contributed by atoms with Crippen molar-refractivity contribution in [2.75, 3.05) is 16.0 Å². The van der Waals surface area contributed by atoms with Crippen molar-refractivity contribution >= 4 is 122 Å². The second kappa shape index (κ2) is 19.7. The van der Waals surface area contributed by atoms with Gasteiger partial charge in [-0.05, 0) is 103 Å². The lowest BCUT2D eigenvalue weighted by atomic mass is 10.0. The van der Waals surface area contributed by atoms with E-state index in [-0.39, 0.29) is 76.6 Å². The lowest BCUT2D eigenvalue weighted by Gasteiger charge is -2.16. The molecule has 0 fully saturated rings. The number of anilines is 5. The first-order chi connectivity index (χ1) is 33.0. The van der Waals surface area contributed by atoms with Crippen LogP contribution in [0.15, 0.2) is 164 Å². The Kier molecular flexibility index (Phi) is 13.6. The maximum absolute atomic E-state index is 12.9. The van der Waals surface area contributed by atoms with Crippen LogP contribution in [-0.2, 0) is 20.2 Å². The largest absolute Gasteiger partial charge is 0.339 e. The van der Waals surface area contributed by atoms with Crippen molar-refractivity contribution < 1.29 is 30.7 Å². The van der Waals surface area contributed by atoms with Crippen molar-refractivity contribution in [3.8, 4) is 23.3 Å². The zero-order chi connectivity index (χ0) is 49.0. The van der Waals surface area contributed by atoms with Crippen LogP contribution in [0.5, 0.6) is 0 Å². The summed E-state index contributed by atoms with van der Waals surface area (Å²) in [5.41, 5.74) is 2.82. The van der Waals surface area contributed by atoms with E-state index in [1.807, 2.05) is 0 Å². The van der Waals surface area contributed by atoms with E-state index in [4.69, 9.17) is 23.2 Å². The number of aromatic nitrogens is 1. The fraction of sp³-hybridized carbons (Fsp3) is 0.0213. The normalized spacial score (nSPS) is 11.7. The van der Waals surface area contributed by atoms with Crippen molar-refractivity contribution in [3.63, 3.8) is 0 Å². The molecule has 17 nitrogen and oxygen atoms in total. The number of rotatable bonds is 13. The van der Waals surface area contributed by atoms with E-state index in [1.165, 1.54) is 30.3 Å². The summed E-state index contributed by atoms with van der Waals surface area (Å²) >= 11 is 13.1. The molecule has 1 amide bonds. The Morgan fingerprint density at radius 3 is 2.00 bits per heavy atom. The molecule has 2 heterocycles. The van der Waals surface area contributed by atoms with Crippen LogP contribution in [0.3, 0.4) is 0 Å². The maximum atomic E-state index is 12.9. The first kappa shape index (κ1) is 47.6. The Labute approximate surface area is 407 Å². The van der Waals surface area contributed by atoms with Gasteiger partial charge < -0.3 is 16.0 Å². The van der Waals surface area contributed by atoms with Gasteiger partial charge in [-0.2, -0.15) is 27.4 Å². The molecule has 0 aliphatic heterocycles. The van der Waals surface area contributed by atoms with Gasteiger partial charge in [-0.15, -0.1) is 20.5 Å². The summed E-state index contributed by atoms with van der Waals surface area (Å²) in [4.78, 5) is 16.7. The molecule has 0 spiro atoms. The van der Waals surface area contributed by atoms with Crippen LogP contribution in [0.25, 0.3) is 21.9 Å². The minimum atomic E-state index is -4.72. The molecule has 0 saturated carbocycles. The van der Waals surface area contributed by atoms with Gasteiger partial charge in [-0.1, -0.05) is 83.1 Å². The van der Waals surface area contributed by atoms with E-state index in [0.29, 0.717) is 38.5 Å². The highest BCUT2D eigenvalue weighted by atomic mass is 35.5. The summed E-state index contributed by atoms with van der Waals surface area (Å²) in [6, 6.07) is 39.0. The summed E-state index contributed by atoms with van der Waals surface area (Å²) in [5, 5.41) is 49.3. The third kappa shape index (κ3) is 10.6. The third-order valence-electron chi connectivity index (χ3n) is 10.2. The number of hydrogen-bond donors (Lipinski definition) is 5. The van der Waals surface area contributed by atoms with Crippen molar-refractivity contribution in [1.82, 2.24) is 4.98 Å². The minimum Gasteiger partial charge on any atom is -0.339 e. The quantitative estimate of drug-likeness (QED) is 0.0533. The van der Waals surface area contributed by atoms with Gasteiger partial charge in [0.1, 0.15) is 38.2 Å². The van der Waals surface area contributed by atoms with E-state index in [0.717, 1.165) is 17.4 Å². The van der Waals surface area contributed by atoms with Gasteiger partial charge in [0.15, 0.2) is 16.6 Å². The van der Waals surface area contributed by atoms with Crippen LogP contribution in [0.2, 0.25) is 10.0 Å². The second-order valence-corrected chi connectivity index (χ2v) is 19.3. The van der Waals surface area contributed by atoms with Crippen LogP contribution < -0.4 is 16.0 Å². The molecule has 0 bridgehead atoms. The molecule has 0 atom stereocenters. The first-order valence-electron chi connectivity index (χ1n) is 19.9. The predicted octanol–water partition coefficient (Wildman–Crippen LogP) is 13.4. The van der Waals surface area contributed by atoms with Crippen LogP contribution in [-0.4, -0.2) is 36.8 Å². The molecule has 342 valence electrons. The molecule has 22 heteroatoms. The lowest BCUT2D eigenvalue weighted by molar-refractivity contribution is 0.102. The topological polar surface area (TPSA) is 272 Å². The summed E-state index contributed by atoms with van der Waals surface area (Å²) in [6.45, 7) is 1.58. The number of pyridine rings is 1. The highest BCUT2D eigenvalue weighted by Gasteiger charge is 2.24. The van der Waals surface area contributed by atoms with Crippen LogP contribution in [0, 0.1) is 29.6 Å². The molecule has 0 unspecified atom stereocenters. The number of nitrogens with one attached hydrogen (secondary N) is 3. The SMILES string of the molecule is Cc1c(C#N)c(Nc2ccc(Cl)c(S(=O)(=O)O)c2)nc(Nc2ccc(Cl)cc2)c1N=Nc1sc(N=Nc2ccc3cccc(S(=O)(=O)O)c3c2)c(-c2ccc(NC(=O)c3ccccc3)cc2)c1C#N. The Balaban J connectivity index is 1.24. The third-order valence-corrected chi connectivity index (χ3v) is 13.6. The fourth-order valence-electron chi connectivity index (χ4n) is 6.87. The molecule has 2 aromatic heterocycles. The molecule has 0 aliphatic rings. The average Bonchev–Trinajstić information content (AvgIpc) is 3.68. The lowest BCUT2D eigenvalue weighted by Crippen LogP contribution is -2.11. The summed E-state index contributed by atoms with van der Waals surface area (Å²) < 4.78 is 68.2. The number of thiophene rings is 1. The molecule has 5 N–H and O–H groups in total. The Morgan fingerprint density at radius 1 is 0.667 bits per heavy atom. The molecule has 8 rings (SSSR count). The number of carbonyl (C=O) groups excluding carboxylic acids is 1. The first-order valence-corrected chi connectivity index (χ1v) is 24.3. The summed E-state index contributed by atoms with van der Waals surface area (Å²) in [7, 11) is -9.32. The number of benzene rings is 6. The molecule has 8 aromatic rings. The number of nitriles is 2. The molecule has 0 saturated heterocycles. The summed E-state index contributed by atoms with van der Waals surface area (Å²) in [5.74, 6) is -0.308. The number of amides is 1. The Bertz CT molecular complexity index is 3730. The van der Waals surface area contributed by atoms with E-state index in [9.17, 15) is 41.3 Å². The molecule has 6 aromatic carbocycles. The van der Waals surface area contributed by atoms with Gasteiger partial charge in [0.05, 0.1) is 16.3 Å². The van der Waals surface area contributed by atoms with Gasteiger partial charge in [0.25, 0.3) is 26.1 Å². The average molecular weight is 1010 g/mol. The number of hydrogen-bond acceptors (Lipinski definition) is 15. The molecule has 0 aliphatic carbocycles. The fourth-order valence-corrected chi connectivity index (χ4v) is 9.62. The van der Waals surface area contributed by atoms with Crippen LogP contribution >= 0.6 is 34.5 Å². The highest BCUT2D eigenvalue weighted by molar-refractivity contribution is 7.86. The van der Waals surface area contributed by atoms with E-state index < -0.39 is 25.1 Å². The smallest absolute Gasteiger partial charge is 0.296 e. The number of azo groups is 2. The van der Waals surface area contributed by atoms with Crippen molar-refractivity contribution in [2.24, 2.45) is 20.5 Å². The number of fused-ring (bicyclic) bond motifs is 1. The Morgan fingerprint density at radius 2 is 1.32 bits per heavy atom. The monoisotopic (exact) mass is 1010 g/mol. The van der Waals surface area contributed by atoms with Crippen molar-refractivity contribution in [1.29, 1.82) is 10.5 Å². The highest BCUT2D eigenvalue weighted by Crippen LogP contribution is 2.49. The van der Waals surface area contributed by atoms with Crippen LogP contribution in [0.1, 0.15) is 27.0 Å². The van der Waals surface area contributed by atoms with Gasteiger partial charge in [-0.25, -0.2) is 4.98 Å². The Hall–Kier alpha value is -7.92. The summed E-state index contributed by atoms with van der Waals surface area (Å²) in [6.07, 6.45) is 0.